The zero-order valence-electron chi connectivity index (χ0n) is 17.2. The Labute approximate surface area is 174 Å². The smallest absolute Gasteiger partial charge is 0.253 e. The summed E-state index contributed by atoms with van der Waals surface area (Å²) in [7, 11) is 0. The minimum Gasteiger partial charge on any atom is -0.343 e. The lowest BCUT2D eigenvalue weighted by Crippen LogP contribution is -2.32. The van der Waals surface area contributed by atoms with E-state index in [0.29, 0.717) is 0 Å². The maximum Gasteiger partial charge on any atom is 0.253 e. The van der Waals surface area contributed by atoms with Gasteiger partial charge in [0, 0.05) is 16.3 Å². The van der Waals surface area contributed by atoms with E-state index in [1.165, 1.54) is 4.88 Å². The number of para-hydroxylation sites is 2. The van der Waals surface area contributed by atoms with Gasteiger partial charge >= 0.3 is 0 Å². The standard InChI is InChI=1S/C23H26N4OS/c1-14(2)21(22-24-19-9-5-6-10-20(19)25-22)26-23(28)18-12-15(3)27(16(18)4)13-17-8-7-11-29-17/h5-12,14,21H,13H2,1-4H3,(H,24,25)(H,26,28). The summed E-state index contributed by atoms with van der Waals surface area (Å²) in [5, 5.41) is 5.29. The number of benzene rings is 1. The molecule has 1 amide bonds. The summed E-state index contributed by atoms with van der Waals surface area (Å²) in [5.74, 6) is 0.936. The molecule has 29 heavy (non-hydrogen) atoms. The molecule has 0 bridgehead atoms. The van der Waals surface area contributed by atoms with E-state index in [0.717, 1.165) is 40.4 Å². The first-order chi connectivity index (χ1) is 13.9. The second kappa shape index (κ2) is 7.87. The molecule has 4 aromatic rings. The normalized spacial score (nSPS) is 12.6. The summed E-state index contributed by atoms with van der Waals surface area (Å²) in [6, 6.07) is 13.9. The minimum absolute atomic E-state index is 0.0605. The monoisotopic (exact) mass is 406 g/mol. The Bertz CT molecular complexity index is 1100. The highest BCUT2D eigenvalue weighted by molar-refractivity contribution is 7.09. The van der Waals surface area contributed by atoms with E-state index in [2.05, 4.69) is 53.2 Å². The van der Waals surface area contributed by atoms with Crippen molar-refractivity contribution in [1.82, 2.24) is 19.9 Å². The Morgan fingerprint density at radius 1 is 1.21 bits per heavy atom. The van der Waals surface area contributed by atoms with E-state index in [9.17, 15) is 4.79 Å². The van der Waals surface area contributed by atoms with Crippen LogP contribution in [0.15, 0.2) is 47.8 Å². The van der Waals surface area contributed by atoms with Crippen LogP contribution in [-0.4, -0.2) is 20.4 Å². The van der Waals surface area contributed by atoms with Gasteiger partial charge in [0.15, 0.2) is 0 Å². The fourth-order valence-corrected chi connectivity index (χ4v) is 4.41. The predicted octanol–water partition coefficient (Wildman–Crippen LogP) is 5.22. The van der Waals surface area contributed by atoms with Crippen LogP contribution in [0.4, 0.5) is 0 Å². The van der Waals surface area contributed by atoms with E-state index in [-0.39, 0.29) is 17.9 Å². The van der Waals surface area contributed by atoms with Crippen LogP contribution in [0.2, 0.25) is 0 Å². The van der Waals surface area contributed by atoms with Crippen molar-refractivity contribution < 1.29 is 4.79 Å². The molecule has 1 unspecified atom stereocenters. The highest BCUT2D eigenvalue weighted by atomic mass is 32.1. The van der Waals surface area contributed by atoms with Crippen LogP contribution in [0, 0.1) is 19.8 Å². The number of nitrogens with zero attached hydrogens (tertiary/aromatic N) is 2. The lowest BCUT2D eigenvalue weighted by Gasteiger charge is -2.20. The number of hydrogen-bond donors (Lipinski definition) is 2. The molecule has 150 valence electrons. The second-order valence-electron chi connectivity index (χ2n) is 7.78. The van der Waals surface area contributed by atoms with E-state index in [4.69, 9.17) is 4.98 Å². The Hall–Kier alpha value is -2.86. The molecule has 4 rings (SSSR count). The van der Waals surface area contributed by atoms with Gasteiger partial charge in [-0.1, -0.05) is 32.0 Å². The molecule has 0 saturated carbocycles. The average molecular weight is 407 g/mol. The number of aromatic nitrogens is 3. The van der Waals surface area contributed by atoms with E-state index in [1.54, 1.807) is 11.3 Å². The van der Waals surface area contributed by atoms with Gasteiger partial charge in [0.2, 0.25) is 0 Å². The van der Waals surface area contributed by atoms with Gasteiger partial charge in [0.05, 0.1) is 29.2 Å². The Balaban J connectivity index is 1.60. The molecular formula is C23H26N4OS. The van der Waals surface area contributed by atoms with Crippen LogP contribution < -0.4 is 5.32 Å². The van der Waals surface area contributed by atoms with Gasteiger partial charge in [0.1, 0.15) is 5.82 Å². The van der Waals surface area contributed by atoms with Crippen molar-refractivity contribution in [1.29, 1.82) is 0 Å². The van der Waals surface area contributed by atoms with Gasteiger partial charge in [-0.15, -0.1) is 11.3 Å². The van der Waals surface area contributed by atoms with Crippen molar-refractivity contribution in [3.8, 4) is 0 Å². The first-order valence-electron chi connectivity index (χ1n) is 9.88. The number of rotatable bonds is 6. The van der Waals surface area contributed by atoms with Gasteiger partial charge in [-0.05, 0) is 49.4 Å². The summed E-state index contributed by atoms with van der Waals surface area (Å²) < 4.78 is 2.20. The van der Waals surface area contributed by atoms with Crippen molar-refractivity contribution in [3.63, 3.8) is 0 Å². The van der Waals surface area contributed by atoms with Gasteiger partial charge in [-0.25, -0.2) is 4.98 Å². The topological polar surface area (TPSA) is 62.7 Å². The van der Waals surface area contributed by atoms with Crippen LogP contribution in [0.5, 0.6) is 0 Å². The molecule has 2 N–H and O–H groups in total. The van der Waals surface area contributed by atoms with E-state index >= 15 is 0 Å². The first-order valence-corrected chi connectivity index (χ1v) is 10.8. The molecule has 5 nitrogen and oxygen atoms in total. The van der Waals surface area contributed by atoms with Crippen LogP contribution >= 0.6 is 11.3 Å². The van der Waals surface area contributed by atoms with E-state index in [1.807, 2.05) is 37.3 Å². The van der Waals surface area contributed by atoms with Gasteiger partial charge in [0.25, 0.3) is 5.91 Å². The number of nitrogens with one attached hydrogen (secondary N) is 2. The lowest BCUT2D eigenvalue weighted by atomic mass is 10.0. The summed E-state index contributed by atoms with van der Waals surface area (Å²) in [6.07, 6.45) is 0. The maximum absolute atomic E-state index is 13.2. The molecule has 0 spiro atoms. The van der Waals surface area contributed by atoms with Crippen molar-refractivity contribution in [2.75, 3.05) is 0 Å². The van der Waals surface area contributed by atoms with Crippen LogP contribution in [0.3, 0.4) is 0 Å². The molecule has 1 aromatic carbocycles. The number of thiophene rings is 1. The van der Waals surface area contributed by atoms with Gasteiger partial charge in [-0.2, -0.15) is 0 Å². The van der Waals surface area contributed by atoms with Crippen LogP contribution in [0.1, 0.15) is 52.3 Å². The maximum atomic E-state index is 13.2. The zero-order valence-corrected chi connectivity index (χ0v) is 18.0. The number of carbonyl (C=O) groups excluding carboxylic acids is 1. The molecule has 3 aromatic heterocycles. The molecule has 0 aliphatic heterocycles. The lowest BCUT2D eigenvalue weighted by molar-refractivity contribution is 0.0922. The van der Waals surface area contributed by atoms with Crippen molar-refractivity contribution in [3.05, 3.63) is 75.5 Å². The number of H-pyrrole nitrogens is 1. The summed E-state index contributed by atoms with van der Waals surface area (Å²) >= 11 is 1.73. The van der Waals surface area contributed by atoms with Crippen molar-refractivity contribution in [2.45, 2.75) is 40.3 Å². The highest BCUT2D eigenvalue weighted by Crippen LogP contribution is 2.24. The molecule has 6 heteroatoms. The molecule has 1 atom stereocenters. The third-order valence-electron chi connectivity index (χ3n) is 5.37. The SMILES string of the molecule is Cc1cc(C(=O)NC(c2nc3ccccc3[nH]2)C(C)C)c(C)n1Cc1cccs1. The Kier molecular flexibility index (Phi) is 5.28. The fraction of sp³-hybridized carbons (Fsp3) is 0.304. The van der Waals surface area contributed by atoms with Crippen molar-refractivity contribution in [2.24, 2.45) is 5.92 Å². The summed E-state index contributed by atoms with van der Waals surface area (Å²) in [5.41, 5.74) is 4.69. The van der Waals surface area contributed by atoms with Crippen molar-refractivity contribution >= 4 is 28.3 Å². The molecular weight excluding hydrogens is 380 g/mol. The Morgan fingerprint density at radius 2 is 2.00 bits per heavy atom. The molecule has 0 saturated heterocycles. The summed E-state index contributed by atoms with van der Waals surface area (Å²) in [4.78, 5) is 22.5. The number of imidazole rings is 1. The van der Waals surface area contributed by atoms with Crippen LogP contribution in [-0.2, 0) is 6.54 Å². The average Bonchev–Trinajstić information content (AvgIpc) is 3.41. The van der Waals surface area contributed by atoms with Gasteiger partial charge < -0.3 is 14.9 Å². The second-order valence-corrected chi connectivity index (χ2v) is 8.82. The molecule has 0 fully saturated rings. The zero-order chi connectivity index (χ0) is 20.5. The summed E-state index contributed by atoms with van der Waals surface area (Å²) in [6.45, 7) is 9.05. The first kappa shape index (κ1) is 19.5. The quantitative estimate of drug-likeness (QED) is 0.461. The molecule has 0 aliphatic rings. The number of amides is 1. The molecule has 3 heterocycles. The van der Waals surface area contributed by atoms with Gasteiger partial charge in [-0.3, -0.25) is 4.79 Å². The highest BCUT2D eigenvalue weighted by Gasteiger charge is 2.24. The number of aromatic amines is 1. The predicted molar refractivity (Wildman–Crippen MR) is 118 cm³/mol. The van der Waals surface area contributed by atoms with E-state index < -0.39 is 0 Å². The third-order valence-corrected chi connectivity index (χ3v) is 6.23. The molecule has 0 aliphatic carbocycles. The fourth-order valence-electron chi connectivity index (χ4n) is 3.72. The number of fused-ring (bicyclic) bond motifs is 1. The molecule has 0 radical (unpaired) electrons. The van der Waals surface area contributed by atoms with Crippen LogP contribution in [0.25, 0.3) is 11.0 Å². The number of aryl methyl sites for hydroxylation is 1. The minimum atomic E-state index is -0.185. The number of hydrogen-bond acceptors (Lipinski definition) is 3. The largest absolute Gasteiger partial charge is 0.343 e. The Morgan fingerprint density at radius 3 is 2.69 bits per heavy atom. The third kappa shape index (κ3) is 3.85. The number of carbonyl (C=O) groups is 1.